The van der Waals surface area contributed by atoms with Crippen LogP contribution in [0.15, 0.2) is 97.2 Å². The molecule has 522 valence electrons. The minimum absolute atomic E-state index is 0.0358. The van der Waals surface area contributed by atoms with E-state index in [0.717, 1.165) is 109 Å². The van der Waals surface area contributed by atoms with E-state index >= 15 is 0 Å². The van der Waals surface area contributed by atoms with Gasteiger partial charge in [0.1, 0.15) is 19.3 Å². The van der Waals surface area contributed by atoms with Gasteiger partial charge in [-0.05, 0) is 109 Å². The van der Waals surface area contributed by atoms with Crippen LogP contribution in [0.3, 0.4) is 0 Å². The van der Waals surface area contributed by atoms with Crippen LogP contribution in [0.25, 0.3) is 0 Å². The minimum atomic E-state index is -4.46. The predicted octanol–water partition coefficient (Wildman–Crippen LogP) is 24.6. The summed E-state index contributed by atoms with van der Waals surface area (Å²) in [5.41, 5.74) is 0. The Balaban J connectivity index is 5.01. The molecule has 0 aliphatic heterocycles. The number of quaternary nitrogens is 1. The highest BCUT2D eigenvalue weighted by molar-refractivity contribution is 7.47. The summed E-state index contributed by atoms with van der Waals surface area (Å²) < 4.78 is 30.9. The Morgan fingerprint density at radius 3 is 1.08 bits per heavy atom. The SMILES string of the molecule is CC/C=C\C/C=C\C/C=C\C/C=C\C/C=C\C/C=C\CCCCCCCCCCC(=O)NC(COP(=O)(O)OCC[N+](C)(C)C)C(/C=C/CCCCCCCCCCCC)OC(=O)CCCCCCCCCCCCCCCCC/C=C/CCCCCCCC. The molecule has 0 aliphatic rings. The quantitative estimate of drug-likeness (QED) is 0.0205. The zero-order valence-corrected chi connectivity index (χ0v) is 60.8. The molecular formula is C80H146N2O7P+. The van der Waals surface area contributed by atoms with Crippen LogP contribution in [-0.2, 0) is 27.9 Å². The highest BCUT2D eigenvalue weighted by Gasteiger charge is 2.30. The second-order valence-corrected chi connectivity index (χ2v) is 28.2. The van der Waals surface area contributed by atoms with E-state index in [1.54, 1.807) is 0 Å². The van der Waals surface area contributed by atoms with Crippen LogP contribution < -0.4 is 5.32 Å². The lowest BCUT2D eigenvalue weighted by Gasteiger charge is -2.27. The summed E-state index contributed by atoms with van der Waals surface area (Å²) in [6, 6.07) is -0.859. The zero-order valence-electron chi connectivity index (χ0n) is 59.9. The molecule has 0 saturated heterocycles. The fourth-order valence-corrected chi connectivity index (χ4v) is 11.7. The fraction of sp³-hybridized carbons (Fsp3) is 0.775. The molecule has 0 heterocycles. The number of nitrogens with one attached hydrogen (secondary N) is 1. The summed E-state index contributed by atoms with van der Waals surface area (Å²) in [5.74, 6) is -0.506. The molecule has 9 nitrogen and oxygen atoms in total. The van der Waals surface area contributed by atoms with E-state index in [9.17, 15) is 19.0 Å². The molecule has 90 heavy (non-hydrogen) atoms. The van der Waals surface area contributed by atoms with Gasteiger partial charge in [0.2, 0.25) is 5.91 Å². The van der Waals surface area contributed by atoms with Crippen LogP contribution in [-0.4, -0.2) is 74.3 Å². The van der Waals surface area contributed by atoms with Gasteiger partial charge in [-0.15, -0.1) is 0 Å². The average molecular weight is 1280 g/mol. The first kappa shape index (κ1) is 86.9. The molecule has 0 rings (SSSR count). The maximum Gasteiger partial charge on any atom is 0.472 e. The third-order valence-electron chi connectivity index (χ3n) is 16.8. The number of rotatable bonds is 69. The number of likely N-dealkylation sites (N-methyl/N-ethyl adjacent to an activating group) is 1. The van der Waals surface area contributed by atoms with Gasteiger partial charge in [-0.25, -0.2) is 4.57 Å². The number of esters is 1. The second kappa shape index (κ2) is 68.8. The van der Waals surface area contributed by atoms with Gasteiger partial charge in [-0.3, -0.25) is 18.6 Å². The largest absolute Gasteiger partial charge is 0.472 e. The molecule has 0 radical (unpaired) electrons. The summed E-state index contributed by atoms with van der Waals surface area (Å²) in [4.78, 5) is 38.0. The van der Waals surface area contributed by atoms with Crippen LogP contribution in [0.4, 0.5) is 0 Å². The Labute approximate surface area is 558 Å². The van der Waals surface area contributed by atoms with Gasteiger partial charge in [0.05, 0.1) is 33.8 Å². The minimum Gasteiger partial charge on any atom is -0.456 e. The number of nitrogens with zero attached hydrogens (tertiary/aromatic N) is 1. The van der Waals surface area contributed by atoms with E-state index in [-0.39, 0.29) is 31.5 Å². The van der Waals surface area contributed by atoms with Crippen LogP contribution in [0.1, 0.15) is 348 Å². The number of ether oxygens (including phenoxy) is 1. The molecule has 1 amide bonds. The molecule has 0 saturated carbocycles. The van der Waals surface area contributed by atoms with Crippen LogP contribution in [0, 0.1) is 0 Å². The lowest BCUT2D eigenvalue weighted by atomic mass is 10.0. The van der Waals surface area contributed by atoms with Gasteiger partial charge in [0.15, 0.2) is 0 Å². The zero-order chi connectivity index (χ0) is 65.6. The Bertz CT molecular complexity index is 1860. The number of phosphoric ester groups is 1. The number of hydrogen-bond donors (Lipinski definition) is 2. The Hall–Kier alpha value is -3.07. The third kappa shape index (κ3) is 69.3. The summed E-state index contributed by atoms with van der Waals surface area (Å²) in [5, 5.41) is 3.07. The van der Waals surface area contributed by atoms with Gasteiger partial charge in [-0.1, -0.05) is 324 Å². The van der Waals surface area contributed by atoms with Crippen LogP contribution >= 0.6 is 7.82 Å². The van der Waals surface area contributed by atoms with Gasteiger partial charge in [0, 0.05) is 12.8 Å². The average Bonchev–Trinajstić information content (AvgIpc) is 3.04. The lowest BCUT2D eigenvalue weighted by Crippen LogP contribution is -2.47. The molecule has 0 aliphatic carbocycles. The number of carbonyl (C=O) groups is 2. The summed E-state index contributed by atoms with van der Waals surface area (Å²) in [6.45, 7) is 6.92. The van der Waals surface area contributed by atoms with Gasteiger partial charge in [0.25, 0.3) is 0 Å². The maximum atomic E-state index is 13.6. The first-order chi connectivity index (χ1) is 43.9. The van der Waals surface area contributed by atoms with Gasteiger partial charge in [-0.2, -0.15) is 0 Å². The fourth-order valence-electron chi connectivity index (χ4n) is 10.9. The van der Waals surface area contributed by atoms with E-state index in [1.165, 1.54) is 205 Å². The first-order valence-corrected chi connectivity index (χ1v) is 39.6. The van der Waals surface area contributed by atoms with Gasteiger partial charge >= 0.3 is 13.8 Å². The van der Waals surface area contributed by atoms with Crippen molar-refractivity contribution in [2.24, 2.45) is 0 Å². The number of hydrogen-bond acceptors (Lipinski definition) is 6. The summed E-state index contributed by atoms with van der Waals surface area (Å²) in [6.07, 6.45) is 94.3. The Kier molecular flexibility index (Phi) is 66.4. The van der Waals surface area contributed by atoms with Gasteiger partial charge < -0.3 is 19.4 Å². The Morgan fingerprint density at radius 2 is 0.711 bits per heavy atom. The predicted molar refractivity (Wildman–Crippen MR) is 392 cm³/mol. The molecule has 3 atom stereocenters. The monoisotopic (exact) mass is 1280 g/mol. The molecule has 0 bridgehead atoms. The molecule has 3 unspecified atom stereocenters. The highest BCUT2D eigenvalue weighted by Crippen LogP contribution is 2.43. The first-order valence-electron chi connectivity index (χ1n) is 38.1. The number of amides is 1. The lowest BCUT2D eigenvalue weighted by molar-refractivity contribution is -0.870. The van der Waals surface area contributed by atoms with E-state index in [4.69, 9.17) is 13.8 Å². The summed E-state index contributed by atoms with van der Waals surface area (Å²) in [7, 11) is 1.49. The molecule has 10 heteroatoms. The van der Waals surface area contributed by atoms with Crippen molar-refractivity contribution in [3.05, 3.63) is 97.2 Å². The maximum absolute atomic E-state index is 13.6. The number of carbonyl (C=O) groups excluding carboxylic acids is 2. The molecule has 0 aromatic carbocycles. The van der Waals surface area contributed by atoms with Crippen LogP contribution in [0.5, 0.6) is 0 Å². The van der Waals surface area contributed by atoms with Crippen molar-refractivity contribution < 1.29 is 37.3 Å². The molecule has 0 fully saturated rings. The van der Waals surface area contributed by atoms with Crippen LogP contribution in [0.2, 0.25) is 0 Å². The van der Waals surface area contributed by atoms with Crippen molar-refractivity contribution >= 4 is 19.7 Å². The molecular weight excluding hydrogens is 1130 g/mol. The molecule has 0 aromatic heterocycles. The normalized spacial score (nSPS) is 14.0. The van der Waals surface area contributed by atoms with Crippen molar-refractivity contribution in [1.29, 1.82) is 0 Å². The Morgan fingerprint density at radius 1 is 0.400 bits per heavy atom. The number of phosphoric acid groups is 1. The van der Waals surface area contributed by atoms with E-state index in [2.05, 4.69) is 111 Å². The number of allylic oxidation sites excluding steroid dienone is 15. The van der Waals surface area contributed by atoms with Crippen molar-refractivity contribution in [3.8, 4) is 0 Å². The van der Waals surface area contributed by atoms with E-state index in [1.807, 2.05) is 33.3 Å². The highest BCUT2D eigenvalue weighted by atomic mass is 31.2. The van der Waals surface area contributed by atoms with Crippen molar-refractivity contribution in [1.82, 2.24) is 5.32 Å². The van der Waals surface area contributed by atoms with Crippen molar-refractivity contribution in [2.45, 2.75) is 360 Å². The smallest absolute Gasteiger partial charge is 0.456 e. The second-order valence-electron chi connectivity index (χ2n) is 26.8. The van der Waals surface area contributed by atoms with Crippen molar-refractivity contribution in [3.63, 3.8) is 0 Å². The third-order valence-corrected chi connectivity index (χ3v) is 17.7. The molecule has 0 spiro atoms. The number of unbranched alkanes of at least 4 members (excludes halogenated alkanes) is 39. The molecule has 2 N–H and O–H groups in total. The molecule has 0 aromatic rings. The van der Waals surface area contributed by atoms with E-state index < -0.39 is 20.0 Å². The topological polar surface area (TPSA) is 111 Å². The van der Waals surface area contributed by atoms with Crippen molar-refractivity contribution in [2.75, 3.05) is 40.9 Å². The van der Waals surface area contributed by atoms with E-state index in [0.29, 0.717) is 17.4 Å². The summed E-state index contributed by atoms with van der Waals surface area (Å²) >= 11 is 0. The standard InChI is InChI=1S/C80H145N2O7P/c1-7-10-13-16-19-22-25-28-30-32-34-36-38-40-41-43-44-46-48-50-52-54-57-60-63-66-69-72-79(83)81-77(76-88-90(85,86)87-75-74-82(4,5)6)78(71-68-65-62-59-56-27-24-21-18-15-12-9-3)89-80(84)73-70-67-64-61-58-55-53-51-49-47-45-42-39-37-35-33-31-29-26-23-20-17-14-11-8-2/h10,13,19,22,28-31,34,36,40-41,44,46,68,71,77-78H,7-9,11-12,14-18,20-21,23-27,32-33,35,37-39,42-43,45,47-67,69-70,72-76H2,1-6H3,(H-,81,83,85,86)/p+1/b13-10-,22-19-,30-28-,31-29+,36-34-,41-40-,46-44-,71-68+.